The van der Waals surface area contributed by atoms with Gasteiger partial charge in [0.15, 0.2) is 12.6 Å². The summed E-state index contributed by atoms with van der Waals surface area (Å²) in [5.41, 5.74) is 0. The molecule has 0 aromatic rings. The predicted molar refractivity (Wildman–Crippen MR) is 63.4 cm³/mol. The number of esters is 1. The molecule has 0 N–H and O–H groups in total. The van der Waals surface area contributed by atoms with E-state index in [0.717, 1.165) is 0 Å². The first kappa shape index (κ1) is 16.4. The Labute approximate surface area is 103 Å². The van der Waals surface area contributed by atoms with Crippen molar-refractivity contribution >= 4 is 5.97 Å². The highest BCUT2D eigenvalue weighted by Gasteiger charge is 2.18. The molecule has 0 fully saturated rings. The summed E-state index contributed by atoms with van der Waals surface area (Å²) in [6, 6.07) is 0. The van der Waals surface area contributed by atoms with Crippen LogP contribution in [0.4, 0.5) is 0 Å². The maximum absolute atomic E-state index is 11.6. The predicted octanol–water partition coefficient (Wildman–Crippen LogP) is 1.95. The van der Waals surface area contributed by atoms with Crippen LogP contribution in [0.3, 0.4) is 0 Å². The molecule has 0 radical (unpaired) electrons. The van der Waals surface area contributed by atoms with Gasteiger partial charge in [0.2, 0.25) is 0 Å². The van der Waals surface area contributed by atoms with Gasteiger partial charge in [-0.3, -0.25) is 4.79 Å². The van der Waals surface area contributed by atoms with Crippen LogP contribution in [-0.2, 0) is 23.7 Å². The van der Waals surface area contributed by atoms with Crippen LogP contribution in [0.5, 0.6) is 0 Å². The molecule has 0 saturated carbocycles. The van der Waals surface area contributed by atoms with Gasteiger partial charge in [-0.15, -0.1) is 0 Å². The summed E-state index contributed by atoms with van der Waals surface area (Å²) in [4.78, 5) is 11.6. The SMILES string of the molecule is CCOC(C)OC[C@H](C)C(=O)OC(C)OCC. The lowest BCUT2D eigenvalue weighted by molar-refractivity contribution is -0.184. The highest BCUT2D eigenvalue weighted by molar-refractivity contribution is 5.72. The van der Waals surface area contributed by atoms with Gasteiger partial charge in [0.05, 0.1) is 12.5 Å². The molecular formula is C12H24O5. The third-order valence-electron chi connectivity index (χ3n) is 2.07. The van der Waals surface area contributed by atoms with Crippen LogP contribution < -0.4 is 0 Å². The molecule has 0 aliphatic carbocycles. The molecule has 0 amide bonds. The van der Waals surface area contributed by atoms with Crippen LogP contribution in [-0.4, -0.2) is 38.4 Å². The zero-order valence-electron chi connectivity index (χ0n) is 11.4. The van der Waals surface area contributed by atoms with Gasteiger partial charge in [0.1, 0.15) is 0 Å². The molecule has 0 aliphatic rings. The van der Waals surface area contributed by atoms with Crippen LogP contribution in [0.1, 0.15) is 34.6 Å². The molecule has 3 atom stereocenters. The molecule has 0 spiro atoms. The van der Waals surface area contributed by atoms with Gasteiger partial charge in [0.25, 0.3) is 0 Å². The summed E-state index contributed by atoms with van der Waals surface area (Å²) < 4.78 is 20.7. The minimum Gasteiger partial charge on any atom is -0.436 e. The second-order valence-electron chi connectivity index (χ2n) is 3.72. The Morgan fingerprint density at radius 3 is 2.00 bits per heavy atom. The number of carbonyl (C=O) groups is 1. The molecule has 0 heterocycles. The summed E-state index contributed by atoms with van der Waals surface area (Å²) in [6.07, 6.45) is -0.821. The van der Waals surface area contributed by atoms with E-state index in [9.17, 15) is 4.79 Å². The molecule has 0 aliphatic heterocycles. The van der Waals surface area contributed by atoms with E-state index in [2.05, 4.69) is 0 Å². The highest BCUT2D eigenvalue weighted by Crippen LogP contribution is 2.05. The van der Waals surface area contributed by atoms with E-state index in [1.807, 2.05) is 13.8 Å². The molecule has 0 bridgehead atoms. The fourth-order valence-corrected chi connectivity index (χ4v) is 1.18. The van der Waals surface area contributed by atoms with E-state index in [4.69, 9.17) is 18.9 Å². The fourth-order valence-electron chi connectivity index (χ4n) is 1.18. The first-order chi connectivity index (χ1) is 8.01. The summed E-state index contributed by atoms with van der Waals surface area (Å²) in [7, 11) is 0. The van der Waals surface area contributed by atoms with Gasteiger partial charge in [-0.2, -0.15) is 0 Å². The van der Waals surface area contributed by atoms with Crippen molar-refractivity contribution in [3.05, 3.63) is 0 Å². The van der Waals surface area contributed by atoms with E-state index < -0.39 is 6.29 Å². The normalized spacial score (nSPS) is 16.3. The molecular weight excluding hydrogens is 224 g/mol. The topological polar surface area (TPSA) is 54.0 Å². The number of hydrogen-bond donors (Lipinski definition) is 0. The van der Waals surface area contributed by atoms with E-state index in [-0.39, 0.29) is 24.8 Å². The first-order valence-corrected chi connectivity index (χ1v) is 6.06. The summed E-state index contributed by atoms with van der Waals surface area (Å²) in [6.45, 7) is 10.4. The third kappa shape index (κ3) is 8.12. The number of hydrogen-bond acceptors (Lipinski definition) is 5. The van der Waals surface area contributed by atoms with Crippen molar-refractivity contribution in [2.75, 3.05) is 19.8 Å². The Morgan fingerprint density at radius 1 is 0.941 bits per heavy atom. The zero-order valence-corrected chi connectivity index (χ0v) is 11.4. The minimum absolute atomic E-state index is 0.277. The van der Waals surface area contributed by atoms with Crippen LogP contribution in [0.15, 0.2) is 0 Å². The Balaban J connectivity index is 3.81. The average Bonchev–Trinajstić information content (AvgIpc) is 2.26. The van der Waals surface area contributed by atoms with Gasteiger partial charge in [0, 0.05) is 13.2 Å². The molecule has 5 nitrogen and oxygen atoms in total. The molecule has 0 aromatic carbocycles. The average molecular weight is 248 g/mol. The maximum atomic E-state index is 11.6. The van der Waals surface area contributed by atoms with Crippen molar-refractivity contribution in [2.45, 2.75) is 47.2 Å². The van der Waals surface area contributed by atoms with E-state index in [1.54, 1.807) is 20.8 Å². The molecule has 5 heteroatoms. The molecule has 102 valence electrons. The van der Waals surface area contributed by atoms with Gasteiger partial charge in [-0.25, -0.2) is 0 Å². The second-order valence-corrected chi connectivity index (χ2v) is 3.72. The van der Waals surface area contributed by atoms with Gasteiger partial charge >= 0.3 is 5.97 Å². The van der Waals surface area contributed by atoms with E-state index >= 15 is 0 Å². The lowest BCUT2D eigenvalue weighted by Gasteiger charge is -2.18. The van der Waals surface area contributed by atoms with Crippen LogP contribution in [0.25, 0.3) is 0 Å². The molecule has 0 aromatic heterocycles. The molecule has 0 saturated heterocycles. The Morgan fingerprint density at radius 2 is 1.47 bits per heavy atom. The van der Waals surface area contributed by atoms with Gasteiger partial charge in [-0.1, -0.05) is 0 Å². The minimum atomic E-state index is -0.515. The molecule has 0 rings (SSSR count). The second kappa shape index (κ2) is 9.39. The fraction of sp³-hybridized carbons (Fsp3) is 0.917. The van der Waals surface area contributed by atoms with Crippen LogP contribution in [0.2, 0.25) is 0 Å². The maximum Gasteiger partial charge on any atom is 0.313 e. The van der Waals surface area contributed by atoms with Crippen LogP contribution in [0, 0.1) is 5.92 Å². The first-order valence-electron chi connectivity index (χ1n) is 6.06. The van der Waals surface area contributed by atoms with E-state index in [1.165, 1.54) is 0 Å². The van der Waals surface area contributed by atoms with Gasteiger partial charge < -0.3 is 18.9 Å². The van der Waals surface area contributed by atoms with Crippen molar-refractivity contribution < 1.29 is 23.7 Å². The Bertz CT molecular complexity index is 207. The van der Waals surface area contributed by atoms with Gasteiger partial charge in [-0.05, 0) is 34.6 Å². The highest BCUT2D eigenvalue weighted by atomic mass is 16.7. The van der Waals surface area contributed by atoms with Crippen molar-refractivity contribution in [1.82, 2.24) is 0 Å². The third-order valence-corrected chi connectivity index (χ3v) is 2.07. The molecule has 17 heavy (non-hydrogen) atoms. The van der Waals surface area contributed by atoms with Crippen LogP contribution >= 0.6 is 0 Å². The van der Waals surface area contributed by atoms with Crippen molar-refractivity contribution in [2.24, 2.45) is 5.92 Å². The lowest BCUT2D eigenvalue weighted by Crippen LogP contribution is -2.27. The summed E-state index contributed by atoms with van der Waals surface area (Å²) >= 11 is 0. The summed E-state index contributed by atoms with van der Waals surface area (Å²) in [5, 5.41) is 0. The molecule has 2 unspecified atom stereocenters. The van der Waals surface area contributed by atoms with Crippen molar-refractivity contribution in [3.63, 3.8) is 0 Å². The van der Waals surface area contributed by atoms with Crippen molar-refractivity contribution in [3.8, 4) is 0 Å². The Hall–Kier alpha value is -0.650. The number of rotatable bonds is 9. The monoisotopic (exact) mass is 248 g/mol. The summed E-state index contributed by atoms with van der Waals surface area (Å²) in [5.74, 6) is -0.657. The quantitative estimate of drug-likeness (QED) is 0.461. The smallest absolute Gasteiger partial charge is 0.313 e. The lowest BCUT2D eigenvalue weighted by atomic mass is 10.2. The number of ether oxygens (including phenoxy) is 4. The standard InChI is InChI=1S/C12H24O5/c1-6-14-10(4)16-8-9(3)12(13)17-11(5)15-7-2/h9-11H,6-8H2,1-5H3/t9-,10?,11?/m0/s1. The number of carbonyl (C=O) groups excluding carboxylic acids is 1. The zero-order chi connectivity index (χ0) is 13.3. The van der Waals surface area contributed by atoms with Crippen molar-refractivity contribution in [1.29, 1.82) is 0 Å². The van der Waals surface area contributed by atoms with E-state index in [0.29, 0.717) is 13.2 Å². The largest absolute Gasteiger partial charge is 0.436 e. The Kier molecular flexibility index (Phi) is 9.03.